The summed E-state index contributed by atoms with van der Waals surface area (Å²) in [5.74, 6) is 1.29. The van der Waals surface area contributed by atoms with Crippen molar-refractivity contribution in [1.82, 2.24) is 4.57 Å². The molecule has 0 atom stereocenters. The van der Waals surface area contributed by atoms with Gasteiger partial charge in [0.25, 0.3) is 5.82 Å². The maximum Gasteiger partial charge on any atom is 0.257 e. The molecule has 0 radical (unpaired) electrons. The molecule has 3 aromatic rings. The van der Waals surface area contributed by atoms with E-state index in [1.165, 1.54) is 12.2 Å². The third-order valence-electron chi connectivity index (χ3n) is 5.19. The van der Waals surface area contributed by atoms with Crippen LogP contribution in [-0.2, 0) is 19.5 Å². The zero-order valence-corrected chi connectivity index (χ0v) is 20.5. The second-order valence-electron chi connectivity index (χ2n) is 7.08. The van der Waals surface area contributed by atoms with E-state index in [1.807, 2.05) is 42.5 Å². The fraction of sp³-hybridized carbons (Fsp3) is 0.273. The van der Waals surface area contributed by atoms with Crippen molar-refractivity contribution in [3.05, 3.63) is 74.6 Å². The van der Waals surface area contributed by atoms with E-state index >= 15 is 0 Å². The van der Waals surface area contributed by atoms with Crippen LogP contribution in [0.25, 0.3) is 11.3 Å². The molecule has 1 aromatic heterocycles. The number of carbonyl (C=O) groups excluding carboxylic acids is 1. The van der Waals surface area contributed by atoms with E-state index in [0.717, 1.165) is 41.5 Å². The largest absolute Gasteiger partial charge is 0.290 e. The molecule has 0 saturated carbocycles. The monoisotopic (exact) mass is 557 g/mol. The molecule has 3 nitrogen and oxygen atoms in total. The Morgan fingerprint density at radius 1 is 1.03 bits per heavy atom. The molecule has 4 rings (SSSR count). The molecule has 1 aliphatic rings. The number of hydrogen-bond acceptors (Lipinski definition) is 1. The van der Waals surface area contributed by atoms with Crippen molar-refractivity contribution < 1.29 is 9.36 Å². The number of ketones is 1. The standard InChI is InChI=1S/C22H20BrCl2N2O.BrH/c23-17-8-5-15(6-9-17)21(28)14-27-20(16-7-10-18(24)19(25)12-16)13-26-11-3-1-2-4-22(26)27;/h5-10,12-13H,1-4,11,14H2;1H/q+1;. The molecule has 7 heteroatoms. The Bertz CT molecular complexity index is 1030. The molecule has 0 bridgehead atoms. The second kappa shape index (κ2) is 9.78. The van der Waals surface area contributed by atoms with Crippen LogP contribution >= 0.6 is 56.1 Å². The van der Waals surface area contributed by atoms with Crippen LogP contribution in [0.5, 0.6) is 0 Å². The Morgan fingerprint density at radius 3 is 2.52 bits per heavy atom. The highest BCUT2D eigenvalue weighted by Gasteiger charge is 2.27. The van der Waals surface area contributed by atoms with Gasteiger partial charge >= 0.3 is 0 Å². The van der Waals surface area contributed by atoms with E-state index in [4.69, 9.17) is 23.2 Å². The van der Waals surface area contributed by atoms with Gasteiger partial charge in [-0.3, -0.25) is 4.79 Å². The second-order valence-corrected chi connectivity index (χ2v) is 8.81. The van der Waals surface area contributed by atoms with E-state index in [-0.39, 0.29) is 22.8 Å². The summed E-state index contributed by atoms with van der Waals surface area (Å²) in [5.41, 5.74) is 2.68. The topological polar surface area (TPSA) is 25.9 Å². The van der Waals surface area contributed by atoms with Crippen LogP contribution in [-0.4, -0.2) is 10.4 Å². The number of rotatable bonds is 4. The van der Waals surface area contributed by atoms with Crippen molar-refractivity contribution in [3.63, 3.8) is 0 Å². The lowest BCUT2D eigenvalue weighted by atomic mass is 10.1. The number of fused-ring (bicyclic) bond motifs is 1. The van der Waals surface area contributed by atoms with Gasteiger partial charge in [-0.15, -0.1) is 17.0 Å². The predicted octanol–water partition coefficient (Wildman–Crippen LogP) is 6.70. The van der Waals surface area contributed by atoms with Gasteiger partial charge in [0.1, 0.15) is 6.20 Å². The van der Waals surface area contributed by atoms with Crippen molar-refractivity contribution in [1.29, 1.82) is 0 Å². The number of Topliss-reactive ketones (excluding diaryl/α,β-unsaturated/α-hetero) is 1. The Balaban J connectivity index is 0.00000240. The lowest BCUT2D eigenvalue weighted by molar-refractivity contribution is -0.702. The van der Waals surface area contributed by atoms with Gasteiger partial charge in [0.15, 0.2) is 12.2 Å². The first-order chi connectivity index (χ1) is 13.5. The Labute approximate surface area is 199 Å². The molecule has 2 aromatic carbocycles. The first kappa shape index (κ1) is 22.5. The number of aryl methyl sites for hydroxylation is 1. The molecule has 152 valence electrons. The first-order valence-corrected chi connectivity index (χ1v) is 10.9. The van der Waals surface area contributed by atoms with Gasteiger partial charge in [-0.25, -0.2) is 9.13 Å². The van der Waals surface area contributed by atoms with Crippen LogP contribution in [0.15, 0.2) is 53.1 Å². The molecule has 0 unspecified atom stereocenters. The van der Waals surface area contributed by atoms with Crippen molar-refractivity contribution in [2.24, 2.45) is 0 Å². The van der Waals surface area contributed by atoms with Crippen molar-refractivity contribution >= 4 is 61.9 Å². The van der Waals surface area contributed by atoms with E-state index < -0.39 is 0 Å². The van der Waals surface area contributed by atoms with Crippen molar-refractivity contribution in [2.75, 3.05) is 0 Å². The normalized spacial score (nSPS) is 13.3. The first-order valence-electron chi connectivity index (χ1n) is 9.39. The third kappa shape index (κ3) is 4.96. The maximum atomic E-state index is 13.0. The lowest BCUT2D eigenvalue weighted by Gasteiger charge is -2.07. The molecular formula is C22H21Br2Cl2N2O+. The number of halogens is 4. The van der Waals surface area contributed by atoms with Crippen LogP contribution in [0.2, 0.25) is 10.0 Å². The van der Waals surface area contributed by atoms with Gasteiger partial charge in [0.2, 0.25) is 5.78 Å². The molecule has 0 spiro atoms. The summed E-state index contributed by atoms with van der Waals surface area (Å²) in [6.45, 7) is 1.28. The number of nitrogens with zero attached hydrogens (tertiary/aromatic N) is 2. The SMILES string of the molecule is Br.O=C(Cn1c(-c2ccc(Cl)c(Cl)c2)c[n+]2c1CCCCC2)c1ccc(Br)cc1. The minimum Gasteiger partial charge on any atom is -0.290 e. The average molecular weight is 560 g/mol. The van der Waals surface area contributed by atoms with Crippen LogP contribution in [0.1, 0.15) is 35.4 Å². The fourth-order valence-corrected chi connectivity index (χ4v) is 4.30. The van der Waals surface area contributed by atoms with Crippen LogP contribution in [0.4, 0.5) is 0 Å². The molecule has 0 amide bonds. The van der Waals surface area contributed by atoms with Gasteiger partial charge in [-0.2, -0.15) is 0 Å². The molecule has 0 fully saturated rings. The predicted molar refractivity (Wildman–Crippen MR) is 126 cm³/mol. The minimum atomic E-state index is 0. The quantitative estimate of drug-likeness (QED) is 0.258. The van der Waals surface area contributed by atoms with Gasteiger partial charge in [0, 0.05) is 22.0 Å². The van der Waals surface area contributed by atoms with E-state index in [0.29, 0.717) is 22.2 Å². The molecule has 0 saturated heterocycles. The summed E-state index contributed by atoms with van der Waals surface area (Å²) in [6, 6.07) is 13.2. The molecule has 1 aliphatic heterocycles. The highest BCUT2D eigenvalue weighted by molar-refractivity contribution is 9.10. The zero-order valence-electron chi connectivity index (χ0n) is 15.7. The molecule has 0 N–H and O–H groups in total. The molecule has 0 aliphatic carbocycles. The number of imidazole rings is 1. The Morgan fingerprint density at radius 2 is 1.79 bits per heavy atom. The Hall–Kier alpha value is -1.14. The molecule has 29 heavy (non-hydrogen) atoms. The minimum absolute atomic E-state index is 0. The number of hydrogen-bond donors (Lipinski definition) is 0. The molecular weight excluding hydrogens is 539 g/mol. The van der Waals surface area contributed by atoms with Crippen molar-refractivity contribution in [2.45, 2.75) is 38.8 Å². The fourth-order valence-electron chi connectivity index (χ4n) is 3.73. The van der Waals surface area contributed by atoms with Crippen LogP contribution in [0.3, 0.4) is 0 Å². The number of benzene rings is 2. The summed E-state index contributed by atoms with van der Waals surface area (Å²) in [4.78, 5) is 13.0. The van der Waals surface area contributed by atoms with Gasteiger partial charge < -0.3 is 0 Å². The summed E-state index contributed by atoms with van der Waals surface area (Å²) in [5, 5.41) is 1.05. The summed E-state index contributed by atoms with van der Waals surface area (Å²) < 4.78 is 5.40. The highest BCUT2D eigenvalue weighted by atomic mass is 79.9. The molecule has 2 heterocycles. The highest BCUT2D eigenvalue weighted by Crippen LogP contribution is 2.30. The van der Waals surface area contributed by atoms with E-state index in [2.05, 4.69) is 31.3 Å². The average Bonchev–Trinajstić information content (AvgIpc) is 2.86. The summed E-state index contributed by atoms with van der Waals surface area (Å²) in [7, 11) is 0. The third-order valence-corrected chi connectivity index (χ3v) is 6.46. The van der Waals surface area contributed by atoms with E-state index in [1.54, 1.807) is 0 Å². The number of carbonyl (C=O) groups is 1. The summed E-state index contributed by atoms with van der Waals surface area (Å²) in [6.07, 6.45) is 6.62. The summed E-state index contributed by atoms with van der Waals surface area (Å²) >= 11 is 15.8. The van der Waals surface area contributed by atoms with Crippen LogP contribution < -0.4 is 4.57 Å². The van der Waals surface area contributed by atoms with Gasteiger partial charge in [-0.05, 0) is 49.6 Å². The van der Waals surface area contributed by atoms with Crippen molar-refractivity contribution in [3.8, 4) is 11.3 Å². The Kier molecular flexibility index (Phi) is 7.60. The maximum absolute atomic E-state index is 13.0. The van der Waals surface area contributed by atoms with Crippen LogP contribution in [0, 0.1) is 0 Å². The van der Waals surface area contributed by atoms with Gasteiger partial charge in [0.05, 0.1) is 16.6 Å². The van der Waals surface area contributed by atoms with E-state index in [9.17, 15) is 4.79 Å². The zero-order chi connectivity index (χ0) is 19.7. The number of aromatic nitrogens is 2. The lowest BCUT2D eigenvalue weighted by Crippen LogP contribution is -2.36. The van der Waals surface area contributed by atoms with Gasteiger partial charge in [-0.1, -0.05) is 51.3 Å². The smallest absolute Gasteiger partial charge is 0.257 e.